The van der Waals surface area contributed by atoms with Crippen LogP contribution >= 0.6 is 11.6 Å². The molecule has 0 spiro atoms. The summed E-state index contributed by atoms with van der Waals surface area (Å²) in [6.45, 7) is 0.418. The summed E-state index contributed by atoms with van der Waals surface area (Å²) in [7, 11) is 0. The first kappa shape index (κ1) is 20.5. The zero-order valence-corrected chi connectivity index (χ0v) is 17.0. The van der Waals surface area contributed by atoms with E-state index in [1.807, 2.05) is 24.3 Å². The van der Waals surface area contributed by atoms with Crippen molar-refractivity contribution >= 4 is 17.5 Å². The molecule has 0 bridgehead atoms. The van der Waals surface area contributed by atoms with Crippen LogP contribution in [-0.4, -0.2) is 15.9 Å². The lowest BCUT2D eigenvalue weighted by atomic mass is 10.1. The Morgan fingerprint density at radius 3 is 2.16 bits per heavy atom. The van der Waals surface area contributed by atoms with Gasteiger partial charge in [0.2, 0.25) is 0 Å². The van der Waals surface area contributed by atoms with E-state index >= 15 is 0 Å². The molecule has 0 saturated carbocycles. The lowest BCUT2D eigenvalue weighted by Crippen LogP contribution is -2.22. The van der Waals surface area contributed by atoms with Crippen molar-refractivity contribution in [2.24, 2.45) is 0 Å². The molecule has 4 rings (SSSR count). The Morgan fingerprint density at radius 2 is 1.52 bits per heavy atom. The van der Waals surface area contributed by atoms with Crippen LogP contribution in [0.3, 0.4) is 0 Å². The highest BCUT2D eigenvalue weighted by atomic mass is 35.5. The van der Waals surface area contributed by atoms with Crippen LogP contribution in [0.2, 0.25) is 5.02 Å². The molecule has 3 aromatic carbocycles. The lowest BCUT2D eigenvalue weighted by Gasteiger charge is -2.07. The van der Waals surface area contributed by atoms with Crippen molar-refractivity contribution in [2.75, 3.05) is 0 Å². The number of nitrogens with one attached hydrogen (secondary N) is 1. The second-order valence-electron chi connectivity index (χ2n) is 6.70. The topological polar surface area (TPSA) is 64.1 Å². The van der Waals surface area contributed by atoms with Crippen LogP contribution in [0.1, 0.15) is 15.9 Å². The SMILES string of the molecule is O=C(NCc1ccc(Cl)cc1)c1ccc(-c2cnc(Oc3ccc(F)cc3)nc2)cc1. The Labute approximate surface area is 183 Å². The minimum Gasteiger partial charge on any atom is -0.424 e. The van der Waals surface area contributed by atoms with E-state index in [9.17, 15) is 9.18 Å². The van der Waals surface area contributed by atoms with Crippen molar-refractivity contribution < 1.29 is 13.9 Å². The molecule has 1 heterocycles. The number of hydrogen-bond donors (Lipinski definition) is 1. The van der Waals surface area contributed by atoms with Gasteiger partial charge in [-0.1, -0.05) is 35.9 Å². The fourth-order valence-electron chi connectivity index (χ4n) is 2.83. The zero-order chi connectivity index (χ0) is 21.6. The number of benzene rings is 3. The van der Waals surface area contributed by atoms with Gasteiger partial charge in [-0.3, -0.25) is 4.79 Å². The van der Waals surface area contributed by atoms with Gasteiger partial charge in [0.1, 0.15) is 11.6 Å². The second-order valence-corrected chi connectivity index (χ2v) is 7.13. The van der Waals surface area contributed by atoms with Gasteiger partial charge in [-0.15, -0.1) is 0 Å². The fraction of sp³-hybridized carbons (Fsp3) is 0.0417. The molecule has 1 N–H and O–H groups in total. The van der Waals surface area contributed by atoms with Crippen LogP contribution in [0.5, 0.6) is 11.8 Å². The lowest BCUT2D eigenvalue weighted by molar-refractivity contribution is 0.0951. The molecule has 5 nitrogen and oxygen atoms in total. The van der Waals surface area contributed by atoms with Crippen molar-refractivity contribution in [1.82, 2.24) is 15.3 Å². The maximum atomic E-state index is 13.0. The summed E-state index contributed by atoms with van der Waals surface area (Å²) in [5, 5.41) is 3.54. The van der Waals surface area contributed by atoms with Crippen molar-refractivity contribution in [1.29, 1.82) is 0 Å². The molecule has 7 heteroatoms. The van der Waals surface area contributed by atoms with E-state index < -0.39 is 0 Å². The summed E-state index contributed by atoms with van der Waals surface area (Å²) in [6, 6.07) is 20.2. The molecule has 0 fully saturated rings. The van der Waals surface area contributed by atoms with Crippen LogP contribution in [0.25, 0.3) is 11.1 Å². The normalized spacial score (nSPS) is 10.5. The van der Waals surface area contributed by atoms with E-state index in [-0.39, 0.29) is 17.7 Å². The summed E-state index contributed by atoms with van der Waals surface area (Å²) >= 11 is 5.87. The van der Waals surface area contributed by atoms with Gasteiger partial charge in [0.05, 0.1) is 0 Å². The standard InChI is InChI=1S/C24H17ClFN3O2/c25-20-7-1-16(2-8-20)13-27-23(30)18-5-3-17(4-6-18)19-14-28-24(29-15-19)31-22-11-9-21(26)10-12-22/h1-12,14-15H,13H2,(H,27,30). The number of halogens is 2. The van der Waals surface area contributed by atoms with E-state index in [2.05, 4.69) is 15.3 Å². The van der Waals surface area contributed by atoms with Crippen LogP contribution in [-0.2, 0) is 6.54 Å². The van der Waals surface area contributed by atoms with Crippen LogP contribution in [0.15, 0.2) is 85.2 Å². The van der Waals surface area contributed by atoms with Crippen molar-refractivity contribution in [2.45, 2.75) is 6.54 Å². The Kier molecular flexibility index (Phi) is 6.19. The third kappa shape index (κ3) is 5.43. The Hall–Kier alpha value is -3.77. The first-order valence-electron chi connectivity index (χ1n) is 9.45. The number of nitrogens with zero attached hydrogens (tertiary/aromatic N) is 2. The van der Waals surface area contributed by atoms with E-state index in [0.717, 1.165) is 16.7 Å². The number of carbonyl (C=O) groups excluding carboxylic acids is 1. The molecule has 154 valence electrons. The second kappa shape index (κ2) is 9.36. The van der Waals surface area contributed by atoms with Gasteiger partial charge in [0.15, 0.2) is 0 Å². The molecule has 31 heavy (non-hydrogen) atoms. The van der Waals surface area contributed by atoms with Gasteiger partial charge < -0.3 is 10.1 Å². The average Bonchev–Trinajstić information content (AvgIpc) is 2.81. The number of amides is 1. The Morgan fingerprint density at radius 1 is 0.871 bits per heavy atom. The number of aromatic nitrogens is 2. The van der Waals surface area contributed by atoms with Gasteiger partial charge in [-0.25, -0.2) is 14.4 Å². The monoisotopic (exact) mass is 433 g/mol. The smallest absolute Gasteiger partial charge is 0.321 e. The fourth-order valence-corrected chi connectivity index (χ4v) is 2.95. The number of rotatable bonds is 6. The molecule has 1 aromatic heterocycles. The van der Waals surface area contributed by atoms with Crippen LogP contribution < -0.4 is 10.1 Å². The third-order valence-electron chi connectivity index (χ3n) is 4.50. The summed E-state index contributed by atoms with van der Waals surface area (Å²) in [4.78, 5) is 20.7. The molecule has 1 amide bonds. The quantitative estimate of drug-likeness (QED) is 0.426. The number of carbonyl (C=O) groups is 1. The largest absolute Gasteiger partial charge is 0.424 e. The predicted molar refractivity (Wildman–Crippen MR) is 117 cm³/mol. The minimum absolute atomic E-state index is 0.161. The first-order valence-corrected chi connectivity index (χ1v) is 9.83. The molecule has 0 aliphatic carbocycles. The van der Waals surface area contributed by atoms with Gasteiger partial charge in [-0.2, -0.15) is 0 Å². The van der Waals surface area contributed by atoms with Gasteiger partial charge >= 0.3 is 6.01 Å². The Bertz CT molecular complexity index is 1160. The Balaban J connectivity index is 1.37. The molecular weight excluding hydrogens is 417 g/mol. The minimum atomic E-state index is -0.342. The summed E-state index contributed by atoms with van der Waals surface area (Å²) in [5.74, 6) is -0.0605. The molecule has 0 aliphatic rings. The maximum absolute atomic E-state index is 13.0. The van der Waals surface area contributed by atoms with E-state index in [1.54, 1.807) is 36.7 Å². The van der Waals surface area contributed by atoms with E-state index in [0.29, 0.717) is 22.9 Å². The van der Waals surface area contributed by atoms with Crippen molar-refractivity contribution in [3.05, 3.63) is 107 Å². The molecule has 0 saturated heterocycles. The van der Waals surface area contributed by atoms with Crippen LogP contribution in [0, 0.1) is 5.82 Å². The predicted octanol–water partition coefficient (Wildman–Crippen LogP) is 5.66. The molecule has 0 aliphatic heterocycles. The zero-order valence-electron chi connectivity index (χ0n) is 16.3. The van der Waals surface area contributed by atoms with E-state index in [4.69, 9.17) is 16.3 Å². The molecule has 0 unspecified atom stereocenters. The molecular formula is C24H17ClFN3O2. The highest BCUT2D eigenvalue weighted by molar-refractivity contribution is 6.30. The van der Waals surface area contributed by atoms with Gasteiger partial charge in [-0.05, 0) is 59.7 Å². The molecule has 4 aromatic rings. The van der Waals surface area contributed by atoms with Crippen LogP contribution in [0.4, 0.5) is 4.39 Å². The van der Waals surface area contributed by atoms with Gasteiger partial charge in [0, 0.05) is 35.1 Å². The summed E-state index contributed by atoms with van der Waals surface area (Å²) in [6.07, 6.45) is 3.25. The van der Waals surface area contributed by atoms with Crippen molar-refractivity contribution in [3.8, 4) is 22.9 Å². The highest BCUT2D eigenvalue weighted by Crippen LogP contribution is 2.22. The maximum Gasteiger partial charge on any atom is 0.321 e. The summed E-state index contributed by atoms with van der Waals surface area (Å²) in [5.41, 5.74) is 3.16. The first-order chi connectivity index (χ1) is 15.1. The van der Waals surface area contributed by atoms with E-state index in [1.165, 1.54) is 24.3 Å². The molecule has 0 atom stereocenters. The number of hydrogen-bond acceptors (Lipinski definition) is 4. The number of ether oxygens (including phenoxy) is 1. The highest BCUT2D eigenvalue weighted by Gasteiger charge is 2.07. The van der Waals surface area contributed by atoms with Crippen molar-refractivity contribution in [3.63, 3.8) is 0 Å². The molecule has 0 radical (unpaired) electrons. The summed E-state index contributed by atoms with van der Waals surface area (Å²) < 4.78 is 18.5. The average molecular weight is 434 g/mol. The van der Waals surface area contributed by atoms with Gasteiger partial charge in [0.25, 0.3) is 5.91 Å². The third-order valence-corrected chi connectivity index (χ3v) is 4.75.